The molecular formula is C25H38NO3+. The molecule has 3 rings (SSSR count). The number of nitrogens with zero attached hydrogens (tertiary/aromatic N) is 1. The Morgan fingerprint density at radius 2 is 1.72 bits per heavy atom. The molecule has 1 aliphatic heterocycles. The number of quaternary nitrogens is 1. The van der Waals surface area contributed by atoms with Gasteiger partial charge in [0, 0.05) is 6.42 Å². The quantitative estimate of drug-likeness (QED) is 0.499. The highest BCUT2D eigenvalue weighted by atomic mass is 16.5. The maximum Gasteiger partial charge on any atom is 0.314 e. The van der Waals surface area contributed by atoms with Gasteiger partial charge in [-0.2, -0.15) is 0 Å². The molecule has 1 aromatic carbocycles. The van der Waals surface area contributed by atoms with Crippen LogP contribution in [0, 0.1) is 19.8 Å². The molecular weight excluding hydrogens is 362 g/mol. The first-order valence-corrected chi connectivity index (χ1v) is 11.5. The topological polar surface area (TPSA) is 43.4 Å². The number of carbonyl (C=O) groups is 2. The maximum absolute atomic E-state index is 13.0. The van der Waals surface area contributed by atoms with Crippen LogP contribution in [0.4, 0.5) is 0 Å². The van der Waals surface area contributed by atoms with E-state index in [2.05, 4.69) is 32.9 Å². The van der Waals surface area contributed by atoms with E-state index in [-0.39, 0.29) is 23.8 Å². The molecule has 0 radical (unpaired) electrons. The summed E-state index contributed by atoms with van der Waals surface area (Å²) in [6.07, 6.45) is 8.14. The third-order valence-electron chi connectivity index (χ3n) is 7.16. The van der Waals surface area contributed by atoms with Gasteiger partial charge in [-0.05, 0) is 76.0 Å². The molecule has 1 aromatic rings. The fourth-order valence-corrected chi connectivity index (χ4v) is 5.26. The molecule has 2 fully saturated rings. The minimum Gasteiger partial charge on any atom is -0.462 e. The molecule has 160 valence electrons. The van der Waals surface area contributed by atoms with Crippen molar-refractivity contribution in [2.75, 3.05) is 26.2 Å². The third kappa shape index (κ3) is 5.69. The number of likely N-dealkylation sites (tertiary alicyclic amines) is 1. The first-order chi connectivity index (χ1) is 13.9. The molecule has 4 heteroatoms. The molecule has 29 heavy (non-hydrogen) atoms. The lowest BCUT2D eigenvalue weighted by molar-refractivity contribution is -0.925. The Labute approximate surface area is 176 Å². The molecule has 2 unspecified atom stereocenters. The van der Waals surface area contributed by atoms with Gasteiger partial charge < -0.3 is 9.22 Å². The number of hydrogen-bond donors (Lipinski definition) is 0. The van der Waals surface area contributed by atoms with Crippen molar-refractivity contribution in [2.45, 2.75) is 78.2 Å². The van der Waals surface area contributed by atoms with Gasteiger partial charge in [-0.1, -0.05) is 24.6 Å². The summed E-state index contributed by atoms with van der Waals surface area (Å²) >= 11 is 0. The first-order valence-electron chi connectivity index (χ1n) is 11.5. The summed E-state index contributed by atoms with van der Waals surface area (Å²) in [6.45, 7) is 9.48. The smallest absolute Gasteiger partial charge is 0.314 e. The summed E-state index contributed by atoms with van der Waals surface area (Å²) in [5.41, 5.74) is 3.54. The molecule has 4 nitrogen and oxygen atoms in total. The standard InChI is InChI=1S/C25H38NO3/c1-4-26(18-22(27)16-24-19(2)10-8-11-20(24)3)15-9-12-21(17-26)25(28)29-23-13-6-5-7-14-23/h8,10-11,21,23H,4-7,9,12-18H2,1-3H3/q+1. The highest BCUT2D eigenvalue weighted by molar-refractivity contribution is 5.82. The van der Waals surface area contributed by atoms with Crippen molar-refractivity contribution in [3.63, 3.8) is 0 Å². The number of ether oxygens (including phenoxy) is 1. The van der Waals surface area contributed by atoms with E-state index in [0.29, 0.717) is 13.0 Å². The summed E-state index contributed by atoms with van der Waals surface area (Å²) < 4.78 is 6.60. The number of aryl methyl sites for hydroxylation is 2. The average Bonchev–Trinajstić information content (AvgIpc) is 2.72. The number of carbonyl (C=O) groups excluding carboxylic acids is 2. The second kappa shape index (κ2) is 9.88. The van der Waals surface area contributed by atoms with Crippen molar-refractivity contribution in [2.24, 2.45) is 5.92 Å². The SMILES string of the molecule is CC[N+]1(CC(=O)Cc2c(C)cccc2C)CCCC(C(=O)OC2CCCCC2)C1. The molecule has 0 amide bonds. The van der Waals surface area contributed by atoms with Crippen LogP contribution in [0.3, 0.4) is 0 Å². The Bertz CT molecular complexity index is 703. The zero-order valence-electron chi connectivity index (χ0n) is 18.5. The fourth-order valence-electron chi connectivity index (χ4n) is 5.26. The van der Waals surface area contributed by atoms with Gasteiger partial charge in [-0.3, -0.25) is 9.59 Å². The van der Waals surface area contributed by atoms with E-state index in [1.165, 1.54) is 30.4 Å². The monoisotopic (exact) mass is 400 g/mol. The Balaban J connectivity index is 1.61. The molecule has 2 atom stereocenters. The highest BCUT2D eigenvalue weighted by Crippen LogP contribution is 2.28. The van der Waals surface area contributed by atoms with Crippen LogP contribution in [0.2, 0.25) is 0 Å². The van der Waals surface area contributed by atoms with Crippen LogP contribution in [-0.4, -0.2) is 48.5 Å². The molecule has 0 bridgehead atoms. The zero-order valence-corrected chi connectivity index (χ0v) is 18.5. The molecule has 2 aliphatic rings. The number of likely N-dealkylation sites (N-methyl/N-ethyl adjacent to an activating group) is 1. The van der Waals surface area contributed by atoms with Gasteiger partial charge in [0.1, 0.15) is 18.6 Å². The van der Waals surface area contributed by atoms with Crippen LogP contribution < -0.4 is 0 Å². The van der Waals surface area contributed by atoms with E-state index in [1.807, 2.05) is 6.07 Å². The van der Waals surface area contributed by atoms with E-state index in [4.69, 9.17) is 4.74 Å². The number of esters is 1. The van der Waals surface area contributed by atoms with Gasteiger partial charge in [-0.15, -0.1) is 0 Å². The summed E-state index contributed by atoms with van der Waals surface area (Å²) in [7, 11) is 0. The van der Waals surface area contributed by atoms with Crippen molar-refractivity contribution in [1.82, 2.24) is 0 Å². The van der Waals surface area contributed by atoms with Gasteiger partial charge in [0.2, 0.25) is 0 Å². The van der Waals surface area contributed by atoms with Crippen molar-refractivity contribution in [1.29, 1.82) is 0 Å². The van der Waals surface area contributed by atoms with E-state index >= 15 is 0 Å². The molecule has 0 N–H and O–H groups in total. The molecule has 1 saturated heterocycles. The number of benzene rings is 1. The van der Waals surface area contributed by atoms with Gasteiger partial charge in [0.15, 0.2) is 5.78 Å². The lowest BCUT2D eigenvalue weighted by Crippen LogP contribution is -2.58. The van der Waals surface area contributed by atoms with Crippen LogP contribution in [-0.2, 0) is 20.7 Å². The van der Waals surface area contributed by atoms with E-state index in [1.54, 1.807) is 0 Å². The van der Waals surface area contributed by atoms with E-state index < -0.39 is 0 Å². The van der Waals surface area contributed by atoms with Crippen LogP contribution in [0.15, 0.2) is 18.2 Å². The Hall–Kier alpha value is -1.68. The maximum atomic E-state index is 13.0. The largest absolute Gasteiger partial charge is 0.462 e. The number of ketones is 1. The zero-order chi connectivity index (χ0) is 20.9. The van der Waals surface area contributed by atoms with Gasteiger partial charge >= 0.3 is 5.97 Å². The Kier molecular flexibility index (Phi) is 7.50. The second-order valence-electron chi connectivity index (χ2n) is 9.34. The van der Waals surface area contributed by atoms with Crippen LogP contribution in [0.1, 0.15) is 68.6 Å². The van der Waals surface area contributed by atoms with E-state index in [9.17, 15) is 9.59 Å². The van der Waals surface area contributed by atoms with Gasteiger partial charge in [0.05, 0.1) is 19.6 Å². The minimum atomic E-state index is -0.0568. The molecule has 1 saturated carbocycles. The van der Waals surface area contributed by atoms with Crippen LogP contribution in [0.25, 0.3) is 0 Å². The normalized spacial score (nSPS) is 25.6. The summed E-state index contributed by atoms with van der Waals surface area (Å²) in [5, 5.41) is 0. The first kappa shape index (κ1) is 22.0. The molecule has 0 aromatic heterocycles. The number of Topliss-reactive ketones (excluding diaryl/α,β-unsaturated/α-hetero) is 1. The number of piperidine rings is 1. The van der Waals surface area contributed by atoms with Crippen molar-refractivity contribution in [3.8, 4) is 0 Å². The van der Waals surface area contributed by atoms with Gasteiger partial charge in [0.25, 0.3) is 0 Å². The Morgan fingerprint density at radius 3 is 2.38 bits per heavy atom. The molecule has 1 heterocycles. The second-order valence-corrected chi connectivity index (χ2v) is 9.34. The summed E-state index contributed by atoms with van der Waals surface area (Å²) in [4.78, 5) is 25.8. The van der Waals surface area contributed by atoms with Crippen molar-refractivity contribution < 1.29 is 18.8 Å². The van der Waals surface area contributed by atoms with Crippen molar-refractivity contribution in [3.05, 3.63) is 34.9 Å². The number of hydrogen-bond acceptors (Lipinski definition) is 3. The minimum absolute atomic E-state index is 0.0188. The summed E-state index contributed by atoms with van der Waals surface area (Å²) in [6, 6.07) is 6.21. The third-order valence-corrected chi connectivity index (χ3v) is 7.16. The van der Waals surface area contributed by atoms with Gasteiger partial charge in [-0.25, -0.2) is 0 Å². The average molecular weight is 401 g/mol. The van der Waals surface area contributed by atoms with Crippen molar-refractivity contribution >= 4 is 11.8 Å². The lowest BCUT2D eigenvalue weighted by atomic mass is 9.93. The predicted molar refractivity (Wildman–Crippen MR) is 116 cm³/mol. The molecule has 1 aliphatic carbocycles. The molecule has 0 spiro atoms. The predicted octanol–water partition coefficient (Wildman–Crippen LogP) is 4.54. The lowest BCUT2D eigenvalue weighted by Gasteiger charge is -2.43. The van der Waals surface area contributed by atoms with Crippen LogP contribution in [0.5, 0.6) is 0 Å². The highest BCUT2D eigenvalue weighted by Gasteiger charge is 2.39. The Morgan fingerprint density at radius 1 is 1.03 bits per heavy atom. The van der Waals surface area contributed by atoms with E-state index in [0.717, 1.165) is 55.4 Å². The van der Waals surface area contributed by atoms with Crippen LogP contribution >= 0.6 is 0 Å². The number of rotatable bonds is 7. The fraction of sp³-hybridized carbons (Fsp3) is 0.680. The summed E-state index contributed by atoms with van der Waals surface area (Å²) in [5.74, 6) is 0.207.